The standard InChI is InChI=1S/C17H19N5O/c1-11(20-17(23)16-10-19-21-12(16)2)14-4-6-15(7-5-14)22-9-8-18-13(22)3/h4-11H,1-3H3,(H,19,21)(H,20,23). The Balaban J connectivity index is 1.73. The highest BCUT2D eigenvalue weighted by Gasteiger charge is 2.14. The second-order valence-electron chi connectivity index (χ2n) is 5.54. The lowest BCUT2D eigenvalue weighted by Gasteiger charge is -2.15. The molecule has 0 aliphatic carbocycles. The third-order valence-corrected chi connectivity index (χ3v) is 3.92. The lowest BCUT2D eigenvalue weighted by molar-refractivity contribution is 0.0939. The minimum absolute atomic E-state index is 0.0882. The van der Waals surface area contributed by atoms with E-state index in [1.165, 1.54) is 0 Å². The zero-order valence-electron chi connectivity index (χ0n) is 13.4. The number of rotatable bonds is 4. The van der Waals surface area contributed by atoms with E-state index >= 15 is 0 Å². The van der Waals surface area contributed by atoms with Crippen LogP contribution in [0.3, 0.4) is 0 Å². The molecule has 2 aromatic heterocycles. The Morgan fingerprint density at radius 1 is 1.26 bits per heavy atom. The van der Waals surface area contributed by atoms with E-state index in [2.05, 4.69) is 20.5 Å². The highest BCUT2D eigenvalue weighted by molar-refractivity contribution is 5.95. The van der Waals surface area contributed by atoms with Gasteiger partial charge >= 0.3 is 0 Å². The summed E-state index contributed by atoms with van der Waals surface area (Å²) in [4.78, 5) is 16.4. The van der Waals surface area contributed by atoms with Crippen LogP contribution in [0.15, 0.2) is 42.9 Å². The number of hydrogen-bond donors (Lipinski definition) is 2. The van der Waals surface area contributed by atoms with Gasteiger partial charge in [-0.25, -0.2) is 4.98 Å². The maximum absolute atomic E-state index is 12.2. The van der Waals surface area contributed by atoms with Gasteiger partial charge in [0.1, 0.15) is 5.82 Å². The van der Waals surface area contributed by atoms with Crippen LogP contribution >= 0.6 is 0 Å². The molecule has 0 saturated carbocycles. The van der Waals surface area contributed by atoms with Gasteiger partial charge in [0.05, 0.1) is 17.8 Å². The van der Waals surface area contributed by atoms with Crippen molar-refractivity contribution in [1.29, 1.82) is 0 Å². The van der Waals surface area contributed by atoms with E-state index in [-0.39, 0.29) is 11.9 Å². The Morgan fingerprint density at radius 3 is 2.57 bits per heavy atom. The number of carbonyl (C=O) groups is 1. The number of nitrogens with one attached hydrogen (secondary N) is 2. The number of aromatic nitrogens is 4. The zero-order valence-corrected chi connectivity index (χ0v) is 13.4. The topological polar surface area (TPSA) is 75.6 Å². The molecule has 0 fully saturated rings. The summed E-state index contributed by atoms with van der Waals surface area (Å²) in [7, 11) is 0. The van der Waals surface area contributed by atoms with Gasteiger partial charge in [-0.1, -0.05) is 12.1 Å². The van der Waals surface area contributed by atoms with Crippen LogP contribution in [0.5, 0.6) is 0 Å². The molecule has 1 unspecified atom stereocenters. The fourth-order valence-corrected chi connectivity index (χ4v) is 2.51. The first kappa shape index (κ1) is 15.0. The first-order valence-electron chi connectivity index (χ1n) is 7.47. The number of nitrogens with zero attached hydrogens (tertiary/aromatic N) is 3. The van der Waals surface area contributed by atoms with E-state index in [9.17, 15) is 4.79 Å². The smallest absolute Gasteiger partial charge is 0.255 e. The molecule has 1 aromatic carbocycles. The molecule has 6 heteroatoms. The first-order valence-corrected chi connectivity index (χ1v) is 7.47. The quantitative estimate of drug-likeness (QED) is 0.778. The van der Waals surface area contributed by atoms with E-state index in [1.807, 2.05) is 55.8 Å². The highest BCUT2D eigenvalue weighted by Crippen LogP contribution is 2.17. The molecule has 0 saturated heterocycles. The van der Waals surface area contributed by atoms with Crippen molar-refractivity contribution in [1.82, 2.24) is 25.1 Å². The number of hydrogen-bond acceptors (Lipinski definition) is 3. The largest absolute Gasteiger partial charge is 0.345 e. The van der Waals surface area contributed by atoms with Gasteiger partial charge in [-0.2, -0.15) is 5.10 Å². The van der Waals surface area contributed by atoms with Gasteiger partial charge < -0.3 is 9.88 Å². The fourth-order valence-electron chi connectivity index (χ4n) is 2.51. The van der Waals surface area contributed by atoms with Crippen molar-refractivity contribution in [2.24, 2.45) is 0 Å². The molecule has 3 aromatic rings. The fraction of sp³-hybridized carbons (Fsp3) is 0.235. The molecule has 6 nitrogen and oxygen atoms in total. The van der Waals surface area contributed by atoms with Gasteiger partial charge in [0.2, 0.25) is 0 Å². The van der Waals surface area contributed by atoms with Crippen LogP contribution in [0.4, 0.5) is 0 Å². The summed E-state index contributed by atoms with van der Waals surface area (Å²) in [5.74, 6) is 0.813. The molecule has 0 spiro atoms. The average molecular weight is 309 g/mol. The summed E-state index contributed by atoms with van der Waals surface area (Å²) < 4.78 is 2.02. The van der Waals surface area contributed by atoms with E-state index in [0.717, 1.165) is 22.8 Å². The van der Waals surface area contributed by atoms with Crippen molar-refractivity contribution < 1.29 is 4.79 Å². The van der Waals surface area contributed by atoms with E-state index in [4.69, 9.17) is 0 Å². The van der Waals surface area contributed by atoms with Crippen LogP contribution in [-0.4, -0.2) is 25.7 Å². The average Bonchev–Trinajstić information content (AvgIpc) is 3.15. The summed E-state index contributed by atoms with van der Waals surface area (Å²) in [5.41, 5.74) is 3.43. The molecule has 118 valence electrons. The first-order chi connectivity index (χ1) is 11.1. The van der Waals surface area contributed by atoms with E-state index in [0.29, 0.717) is 5.56 Å². The molecular weight excluding hydrogens is 290 g/mol. The SMILES string of the molecule is Cc1[nH]ncc1C(=O)NC(C)c1ccc(-n2ccnc2C)cc1. The number of imidazole rings is 1. The number of H-pyrrole nitrogens is 1. The molecule has 0 bridgehead atoms. The number of carbonyl (C=O) groups excluding carboxylic acids is 1. The van der Waals surface area contributed by atoms with Crippen molar-refractivity contribution in [2.45, 2.75) is 26.8 Å². The van der Waals surface area contributed by atoms with Crippen LogP contribution < -0.4 is 5.32 Å². The Hall–Kier alpha value is -2.89. The van der Waals surface area contributed by atoms with Crippen LogP contribution in [-0.2, 0) is 0 Å². The van der Waals surface area contributed by atoms with Crippen molar-refractivity contribution >= 4 is 5.91 Å². The summed E-state index contributed by atoms with van der Waals surface area (Å²) in [6.45, 7) is 5.75. The Kier molecular flexibility index (Phi) is 3.97. The van der Waals surface area contributed by atoms with Gasteiger partial charge in [0, 0.05) is 23.8 Å². The predicted molar refractivity (Wildman–Crippen MR) is 87.5 cm³/mol. The van der Waals surface area contributed by atoms with Gasteiger partial charge in [0.15, 0.2) is 0 Å². The third kappa shape index (κ3) is 3.01. The van der Waals surface area contributed by atoms with Gasteiger partial charge in [-0.15, -0.1) is 0 Å². The van der Waals surface area contributed by atoms with E-state index in [1.54, 1.807) is 12.4 Å². The Bertz CT molecular complexity index is 816. The normalized spacial score (nSPS) is 12.1. The highest BCUT2D eigenvalue weighted by atomic mass is 16.1. The molecule has 1 atom stereocenters. The minimum Gasteiger partial charge on any atom is -0.345 e. The number of aryl methyl sites for hydroxylation is 2. The lowest BCUT2D eigenvalue weighted by atomic mass is 10.1. The second kappa shape index (κ2) is 6.08. The number of amides is 1. The zero-order chi connectivity index (χ0) is 16.4. The molecule has 2 N–H and O–H groups in total. The summed E-state index contributed by atoms with van der Waals surface area (Å²) in [6, 6.07) is 7.99. The van der Waals surface area contributed by atoms with Gasteiger partial charge in [0.25, 0.3) is 5.91 Å². The molecule has 0 aliphatic heterocycles. The molecular formula is C17H19N5O. The molecule has 1 amide bonds. The van der Waals surface area contributed by atoms with Crippen molar-refractivity contribution in [3.63, 3.8) is 0 Å². The summed E-state index contributed by atoms with van der Waals surface area (Å²) in [5, 5.41) is 9.63. The van der Waals surface area contributed by atoms with Crippen molar-refractivity contribution in [3.8, 4) is 5.69 Å². The Labute approximate surface area is 134 Å². The lowest BCUT2D eigenvalue weighted by Crippen LogP contribution is -2.26. The van der Waals surface area contributed by atoms with Crippen molar-refractivity contribution in [3.05, 3.63) is 65.5 Å². The predicted octanol–water partition coefficient (Wildman–Crippen LogP) is 2.70. The van der Waals surface area contributed by atoms with Gasteiger partial charge in [-0.3, -0.25) is 9.89 Å². The minimum atomic E-state index is -0.127. The molecule has 2 heterocycles. The van der Waals surface area contributed by atoms with Gasteiger partial charge in [-0.05, 0) is 38.5 Å². The summed E-state index contributed by atoms with van der Waals surface area (Å²) in [6.07, 6.45) is 5.25. The maximum atomic E-state index is 12.2. The van der Waals surface area contributed by atoms with Crippen LogP contribution in [0.2, 0.25) is 0 Å². The third-order valence-electron chi connectivity index (χ3n) is 3.92. The molecule has 23 heavy (non-hydrogen) atoms. The Morgan fingerprint density at radius 2 is 2.00 bits per heavy atom. The molecule has 0 aliphatic rings. The van der Waals surface area contributed by atoms with Crippen LogP contribution in [0.25, 0.3) is 5.69 Å². The molecule has 3 rings (SSSR count). The number of aromatic amines is 1. The van der Waals surface area contributed by atoms with Crippen LogP contribution in [0, 0.1) is 13.8 Å². The van der Waals surface area contributed by atoms with Crippen LogP contribution in [0.1, 0.15) is 40.4 Å². The molecule has 0 radical (unpaired) electrons. The monoisotopic (exact) mass is 309 g/mol. The number of benzene rings is 1. The second-order valence-corrected chi connectivity index (χ2v) is 5.54. The van der Waals surface area contributed by atoms with E-state index < -0.39 is 0 Å². The maximum Gasteiger partial charge on any atom is 0.255 e. The van der Waals surface area contributed by atoms with Crippen molar-refractivity contribution in [2.75, 3.05) is 0 Å². The summed E-state index contributed by atoms with van der Waals surface area (Å²) >= 11 is 0.